The van der Waals surface area contributed by atoms with Gasteiger partial charge in [-0.25, -0.2) is 0 Å². The van der Waals surface area contributed by atoms with E-state index in [1.807, 2.05) is 0 Å². The molecule has 2 aliphatic heterocycles. The van der Waals surface area contributed by atoms with E-state index < -0.39 is 120 Å². The Morgan fingerprint density at radius 1 is 0.644 bits per heavy atom. The van der Waals surface area contributed by atoms with Crippen molar-refractivity contribution < 1.29 is 87.6 Å². The molecule has 16 nitrogen and oxygen atoms in total. The summed E-state index contributed by atoms with van der Waals surface area (Å²) in [5, 5.41) is 0. The Balaban J connectivity index is 2.62. The Hall–Kier alpha value is -3.07. The van der Waals surface area contributed by atoms with Gasteiger partial charge in [-0.05, 0) is 6.92 Å². The second-order valence-electron chi connectivity index (χ2n) is 10.2. The van der Waals surface area contributed by atoms with E-state index in [0.29, 0.717) is 0 Å². The molecule has 0 aromatic rings. The zero-order valence-electron chi connectivity index (χ0n) is 25.3. The molecule has 0 radical (unpaired) electrons. The van der Waals surface area contributed by atoms with Crippen LogP contribution < -0.4 is 0 Å². The fraction of sp³-hybridized carbons (Fsp3) is 0.800. The molecular weight excluding hydrogens is 645 g/mol. The van der Waals surface area contributed by atoms with Crippen molar-refractivity contribution >= 4 is 40.0 Å². The summed E-state index contributed by atoms with van der Waals surface area (Å²) in [6.07, 6.45) is -13.4. The van der Waals surface area contributed by atoms with Crippen LogP contribution >= 0.6 is 0 Å². The van der Waals surface area contributed by atoms with Gasteiger partial charge >= 0.3 is 45.5 Å². The van der Waals surface area contributed by atoms with Crippen LogP contribution in [0.1, 0.15) is 48.5 Å². The van der Waals surface area contributed by atoms with Gasteiger partial charge in [0, 0.05) is 40.5 Å². The summed E-state index contributed by atoms with van der Waals surface area (Å²) in [7, 11) is -6.10. The van der Waals surface area contributed by atoms with Crippen LogP contribution in [0.2, 0.25) is 0 Å². The largest absolute Gasteiger partial charge is 0.523 e. The SMILES string of the molecule is CC(=O)OCC1OC(C)[C@@H](OC(C)=O)[C@H](OC(C)=O)[C@@H]1O[C@@H]1OC(COS(=O)(=O)C(F)(F)F)[C@@H](C)[C@@H](OC(C)=O)C1OC(C)=O. The molecule has 0 spiro atoms. The number of carbonyl (C=O) groups is 5. The predicted molar refractivity (Wildman–Crippen MR) is 137 cm³/mol. The molecule has 0 saturated carbocycles. The second kappa shape index (κ2) is 15.5. The number of alkyl halides is 3. The predicted octanol–water partition coefficient (Wildman–Crippen LogP) is 0.676. The molecule has 2 aliphatic rings. The van der Waals surface area contributed by atoms with Gasteiger partial charge in [0.25, 0.3) is 0 Å². The minimum atomic E-state index is -6.10. The highest BCUT2D eigenvalue weighted by Gasteiger charge is 2.55. The minimum Gasteiger partial charge on any atom is -0.463 e. The molecule has 2 fully saturated rings. The number of halogens is 3. The quantitative estimate of drug-likeness (QED) is 0.127. The van der Waals surface area contributed by atoms with E-state index in [9.17, 15) is 45.6 Å². The molecular formula is C25H35F3O16S. The highest BCUT2D eigenvalue weighted by atomic mass is 32.2. The van der Waals surface area contributed by atoms with Gasteiger partial charge in [-0.1, -0.05) is 6.92 Å². The summed E-state index contributed by atoms with van der Waals surface area (Å²) in [4.78, 5) is 59.7. The summed E-state index contributed by atoms with van der Waals surface area (Å²) >= 11 is 0. The van der Waals surface area contributed by atoms with Gasteiger partial charge in [-0.15, -0.1) is 0 Å². The molecule has 258 valence electrons. The molecule has 2 heterocycles. The first-order valence-corrected chi connectivity index (χ1v) is 14.8. The maximum Gasteiger partial charge on any atom is 0.523 e. The summed E-state index contributed by atoms with van der Waals surface area (Å²) in [6.45, 7) is 6.08. The molecule has 0 aromatic heterocycles. The Labute approximate surface area is 256 Å². The first-order chi connectivity index (χ1) is 20.6. The molecule has 0 aliphatic carbocycles. The van der Waals surface area contributed by atoms with Gasteiger partial charge in [-0.2, -0.15) is 21.6 Å². The van der Waals surface area contributed by atoms with Crippen molar-refractivity contribution in [3.05, 3.63) is 0 Å². The van der Waals surface area contributed by atoms with Crippen molar-refractivity contribution in [2.75, 3.05) is 13.2 Å². The molecule has 20 heteroatoms. The Morgan fingerprint density at radius 2 is 1.13 bits per heavy atom. The first kappa shape index (κ1) is 38.1. The third-order valence-corrected chi connectivity index (χ3v) is 7.51. The third-order valence-electron chi connectivity index (χ3n) is 6.49. The normalized spacial score (nSPS) is 32.1. The Morgan fingerprint density at radius 3 is 1.62 bits per heavy atom. The molecule has 45 heavy (non-hydrogen) atoms. The maximum atomic E-state index is 13.0. The maximum absolute atomic E-state index is 13.0. The van der Waals surface area contributed by atoms with E-state index in [1.54, 1.807) is 0 Å². The topological polar surface area (TPSA) is 203 Å². The number of hydrogen-bond acceptors (Lipinski definition) is 16. The molecule has 0 aromatic carbocycles. The van der Waals surface area contributed by atoms with E-state index in [4.69, 9.17) is 37.9 Å². The van der Waals surface area contributed by atoms with E-state index in [0.717, 1.165) is 34.6 Å². The second-order valence-corrected chi connectivity index (χ2v) is 11.8. The number of hydrogen-bond donors (Lipinski definition) is 0. The van der Waals surface area contributed by atoms with Crippen molar-refractivity contribution in [2.24, 2.45) is 5.92 Å². The Bertz CT molecular complexity index is 1210. The molecule has 10 atom stereocenters. The average molecular weight is 681 g/mol. The molecule has 0 N–H and O–H groups in total. The standard InChI is InChI=1S/C25H35F3O16S/c1-10-17(9-37-45(34,35)25(26,27)28)43-24(23(42-16(7)33)19(10)39-13(4)30)44-21-18(8-36-12(3)29)38-11(2)20(40-14(5)31)22(21)41-15(6)32/h10-11,17-24H,8-9H2,1-7H3/t10-,11?,17?,18?,19-,20-,21-,22+,23?,24+/m1/s1. The number of rotatable bonds is 11. The molecule has 0 amide bonds. The lowest BCUT2D eigenvalue weighted by Gasteiger charge is -2.48. The first-order valence-electron chi connectivity index (χ1n) is 13.4. The number of carbonyl (C=O) groups excluding carboxylic acids is 5. The molecule has 2 saturated heterocycles. The summed E-state index contributed by atoms with van der Waals surface area (Å²) < 4.78 is 110. The fourth-order valence-corrected chi connectivity index (χ4v) is 5.12. The van der Waals surface area contributed by atoms with E-state index in [2.05, 4.69) is 4.18 Å². The van der Waals surface area contributed by atoms with Crippen LogP contribution in [0.5, 0.6) is 0 Å². The van der Waals surface area contributed by atoms with Crippen LogP contribution in [0, 0.1) is 5.92 Å². The lowest BCUT2D eigenvalue weighted by molar-refractivity contribution is -0.336. The van der Waals surface area contributed by atoms with E-state index >= 15 is 0 Å². The highest BCUT2D eigenvalue weighted by Crippen LogP contribution is 2.36. The van der Waals surface area contributed by atoms with Crippen LogP contribution in [0.25, 0.3) is 0 Å². The van der Waals surface area contributed by atoms with Crippen LogP contribution in [0.4, 0.5) is 13.2 Å². The van der Waals surface area contributed by atoms with Crippen LogP contribution in [-0.4, -0.2) is 112 Å². The van der Waals surface area contributed by atoms with Gasteiger partial charge in [-0.3, -0.25) is 28.2 Å². The lowest BCUT2D eigenvalue weighted by Crippen LogP contribution is -2.65. The molecule has 0 bridgehead atoms. The number of ether oxygens (including phenoxy) is 8. The van der Waals surface area contributed by atoms with E-state index in [1.165, 1.54) is 13.8 Å². The van der Waals surface area contributed by atoms with Crippen molar-refractivity contribution in [1.29, 1.82) is 0 Å². The minimum absolute atomic E-state index is 0.528. The fourth-order valence-electron chi connectivity index (χ4n) is 4.67. The monoisotopic (exact) mass is 680 g/mol. The van der Waals surface area contributed by atoms with Crippen molar-refractivity contribution in [3.8, 4) is 0 Å². The van der Waals surface area contributed by atoms with Crippen LogP contribution in [0.15, 0.2) is 0 Å². The number of esters is 5. The van der Waals surface area contributed by atoms with Crippen molar-refractivity contribution in [1.82, 2.24) is 0 Å². The van der Waals surface area contributed by atoms with Gasteiger partial charge in [0.1, 0.15) is 24.9 Å². The van der Waals surface area contributed by atoms with Crippen LogP contribution in [0.3, 0.4) is 0 Å². The van der Waals surface area contributed by atoms with Crippen molar-refractivity contribution in [2.45, 2.75) is 109 Å². The van der Waals surface area contributed by atoms with Gasteiger partial charge in [0.05, 0.1) is 18.8 Å². The summed E-state index contributed by atoms with van der Waals surface area (Å²) in [6, 6.07) is 0. The van der Waals surface area contributed by atoms with Crippen LogP contribution in [-0.2, 0) is 76.2 Å². The molecule has 4 unspecified atom stereocenters. The third kappa shape index (κ3) is 10.5. The van der Waals surface area contributed by atoms with Crippen molar-refractivity contribution in [3.63, 3.8) is 0 Å². The van der Waals surface area contributed by atoms with Gasteiger partial charge in [0.15, 0.2) is 24.6 Å². The zero-order valence-corrected chi connectivity index (χ0v) is 26.1. The van der Waals surface area contributed by atoms with Gasteiger partial charge < -0.3 is 37.9 Å². The average Bonchev–Trinajstić information content (AvgIpc) is 2.87. The smallest absolute Gasteiger partial charge is 0.463 e. The Kier molecular flexibility index (Phi) is 13.1. The summed E-state index contributed by atoms with van der Waals surface area (Å²) in [5.74, 6) is -5.50. The highest BCUT2D eigenvalue weighted by molar-refractivity contribution is 7.87. The van der Waals surface area contributed by atoms with Gasteiger partial charge in [0.2, 0.25) is 0 Å². The molecule has 2 rings (SSSR count). The lowest BCUT2D eigenvalue weighted by atomic mass is 9.90. The summed E-state index contributed by atoms with van der Waals surface area (Å²) in [5.41, 5.74) is -5.78. The zero-order chi connectivity index (χ0) is 34.4. The van der Waals surface area contributed by atoms with E-state index in [-0.39, 0.29) is 0 Å².